The van der Waals surface area contributed by atoms with E-state index in [1.165, 1.54) is 38.0 Å². The Morgan fingerprint density at radius 1 is 1.24 bits per heavy atom. The van der Waals surface area contributed by atoms with E-state index in [1.54, 1.807) is 7.11 Å². The van der Waals surface area contributed by atoms with Crippen LogP contribution < -0.4 is 0 Å². The van der Waals surface area contributed by atoms with Gasteiger partial charge in [-0.1, -0.05) is 30.3 Å². The second kappa shape index (κ2) is 8.52. The topological polar surface area (TPSA) is 15.7 Å². The average molecular weight is 290 g/mol. The van der Waals surface area contributed by atoms with Crippen molar-refractivity contribution < 1.29 is 4.74 Å². The molecule has 0 aliphatic carbocycles. The summed E-state index contributed by atoms with van der Waals surface area (Å²) >= 11 is 0. The number of hydrogen-bond donors (Lipinski definition) is 0. The van der Waals surface area contributed by atoms with E-state index < -0.39 is 0 Å². The first kappa shape index (κ1) is 16.5. The number of piperazine rings is 1. The van der Waals surface area contributed by atoms with Gasteiger partial charge < -0.3 is 4.74 Å². The van der Waals surface area contributed by atoms with Gasteiger partial charge in [0.15, 0.2) is 0 Å². The molecule has 2 atom stereocenters. The van der Waals surface area contributed by atoms with Crippen LogP contribution in [0.1, 0.15) is 25.8 Å². The van der Waals surface area contributed by atoms with Crippen molar-refractivity contribution in [3.8, 4) is 0 Å². The van der Waals surface area contributed by atoms with Gasteiger partial charge in [0.05, 0.1) is 6.61 Å². The Kier molecular flexibility index (Phi) is 6.68. The van der Waals surface area contributed by atoms with E-state index in [1.807, 2.05) is 0 Å². The maximum Gasteiger partial charge on any atom is 0.0589 e. The molecular formula is C18H30N2O. The molecular weight excluding hydrogens is 260 g/mol. The Morgan fingerprint density at radius 3 is 2.67 bits per heavy atom. The molecule has 0 unspecified atom stereocenters. The van der Waals surface area contributed by atoms with Crippen LogP contribution in [0.25, 0.3) is 0 Å². The van der Waals surface area contributed by atoms with E-state index in [4.69, 9.17) is 4.74 Å². The van der Waals surface area contributed by atoms with Gasteiger partial charge in [-0.2, -0.15) is 0 Å². The summed E-state index contributed by atoms with van der Waals surface area (Å²) in [7, 11) is 1.78. The van der Waals surface area contributed by atoms with Crippen LogP contribution >= 0.6 is 0 Å². The number of ether oxygens (including phenoxy) is 1. The molecule has 1 aromatic rings. The molecule has 0 spiro atoms. The monoisotopic (exact) mass is 290 g/mol. The number of rotatable bonds is 7. The number of aryl methyl sites for hydroxylation is 1. The minimum Gasteiger partial charge on any atom is -0.383 e. The Morgan fingerprint density at radius 2 is 2.00 bits per heavy atom. The van der Waals surface area contributed by atoms with Gasteiger partial charge in [0, 0.05) is 45.4 Å². The fraction of sp³-hybridized carbons (Fsp3) is 0.667. The highest BCUT2D eigenvalue weighted by Crippen LogP contribution is 2.15. The van der Waals surface area contributed by atoms with Gasteiger partial charge in [-0.05, 0) is 32.3 Å². The lowest BCUT2D eigenvalue weighted by molar-refractivity contribution is 0.0405. The highest BCUT2D eigenvalue weighted by Gasteiger charge is 2.25. The fourth-order valence-electron chi connectivity index (χ4n) is 3.17. The lowest BCUT2D eigenvalue weighted by Gasteiger charge is -2.42. The van der Waals surface area contributed by atoms with Gasteiger partial charge in [-0.25, -0.2) is 0 Å². The Hall–Kier alpha value is -0.900. The molecule has 1 fully saturated rings. The summed E-state index contributed by atoms with van der Waals surface area (Å²) in [5, 5.41) is 0. The molecule has 21 heavy (non-hydrogen) atoms. The van der Waals surface area contributed by atoms with Crippen molar-refractivity contribution in [3.05, 3.63) is 35.9 Å². The predicted octanol–water partition coefficient (Wildman–Crippen LogP) is 2.66. The summed E-state index contributed by atoms with van der Waals surface area (Å²) in [6.45, 7) is 10.1. The molecule has 118 valence electrons. The average Bonchev–Trinajstić information content (AvgIpc) is 2.52. The molecule has 0 N–H and O–H groups in total. The molecule has 1 aromatic carbocycles. The van der Waals surface area contributed by atoms with E-state index in [2.05, 4.69) is 54.0 Å². The van der Waals surface area contributed by atoms with Crippen LogP contribution in [-0.2, 0) is 11.2 Å². The summed E-state index contributed by atoms with van der Waals surface area (Å²) in [5.41, 5.74) is 1.45. The maximum absolute atomic E-state index is 5.20. The third-order valence-corrected chi connectivity index (χ3v) is 4.70. The molecule has 3 heteroatoms. The molecule has 1 heterocycles. The van der Waals surface area contributed by atoms with Crippen molar-refractivity contribution in [2.75, 3.05) is 39.9 Å². The summed E-state index contributed by atoms with van der Waals surface area (Å²) in [6, 6.07) is 12.1. The molecule has 1 saturated heterocycles. The summed E-state index contributed by atoms with van der Waals surface area (Å²) in [5.74, 6) is 0. The molecule has 0 bridgehead atoms. The van der Waals surface area contributed by atoms with Crippen LogP contribution in [0.15, 0.2) is 30.3 Å². The number of methoxy groups -OCH3 is 1. The van der Waals surface area contributed by atoms with Crippen LogP contribution in [0.4, 0.5) is 0 Å². The van der Waals surface area contributed by atoms with Crippen molar-refractivity contribution in [3.63, 3.8) is 0 Å². The number of nitrogens with zero attached hydrogens (tertiary/aromatic N) is 2. The first-order valence-electron chi connectivity index (χ1n) is 8.21. The van der Waals surface area contributed by atoms with E-state index >= 15 is 0 Å². The Balaban J connectivity index is 1.75. The first-order valence-corrected chi connectivity index (χ1v) is 8.21. The van der Waals surface area contributed by atoms with Crippen molar-refractivity contribution >= 4 is 0 Å². The second-order valence-corrected chi connectivity index (χ2v) is 6.25. The standard InChI is InChI=1S/C18H30N2O/c1-16(9-10-18-7-5-4-6-8-18)20-12-11-19(13-14-21-3)17(2)15-20/h4-8,16-17H,9-15H2,1-3H3/t16-,17+/m1/s1. The number of benzene rings is 1. The summed E-state index contributed by atoms with van der Waals surface area (Å²) in [6.07, 6.45) is 2.43. The minimum atomic E-state index is 0.632. The quantitative estimate of drug-likeness (QED) is 0.768. The van der Waals surface area contributed by atoms with Crippen LogP contribution in [0, 0.1) is 0 Å². The van der Waals surface area contributed by atoms with E-state index in [9.17, 15) is 0 Å². The van der Waals surface area contributed by atoms with E-state index in [-0.39, 0.29) is 0 Å². The van der Waals surface area contributed by atoms with Gasteiger partial charge in [-0.15, -0.1) is 0 Å². The number of hydrogen-bond acceptors (Lipinski definition) is 3. The molecule has 0 amide bonds. The molecule has 1 aliphatic rings. The first-order chi connectivity index (χ1) is 10.2. The summed E-state index contributed by atoms with van der Waals surface area (Å²) in [4.78, 5) is 5.20. The van der Waals surface area contributed by atoms with Crippen molar-refractivity contribution in [1.29, 1.82) is 0 Å². The van der Waals surface area contributed by atoms with Crippen LogP contribution in [0.2, 0.25) is 0 Å². The van der Waals surface area contributed by atoms with Gasteiger partial charge in [-0.3, -0.25) is 9.80 Å². The van der Waals surface area contributed by atoms with Crippen molar-refractivity contribution in [1.82, 2.24) is 9.80 Å². The molecule has 0 aromatic heterocycles. The molecule has 0 radical (unpaired) electrons. The lowest BCUT2D eigenvalue weighted by atomic mass is 10.0. The zero-order chi connectivity index (χ0) is 15.1. The van der Waals surface area contributed by atoms with Gasteiger partial charge in [0.2, 0.25) is 0 Å². The van der Waals surface area contributed by atoms with Gasteiger partial charge in [0.25, 0.3) is 0 Å². The van der Waals surface area contributed by atoms with Crippen LogP contribution in [-0.4, -0.2) is 61.8 Å². The third-order valence-electron chi connectivity index (χ3n) is 4.70. The lowest BCUT2D eigenvalue weighted by Crippen LogP contribution is -2.54. The molecule has 0 saturated carbocycles. The molecule has 1 aliphatic heterocycles. The van der Waals surface area contributed by atoms with Crippen LogP contribution in [0.3, 0.4) is 0 Å². The fourth-order valence-corrected chi connectivity index (χ4v) is 3.17. The Bertz CT molecular complexity index is 395. The SMILES string of the molecule is COCCN1CCN([C@H](C)CCc2ccccc2)C[C@@H]1C. The second-order valence-electron chi connectivity index (χ2n) is 6.25. The van der Waals surface area contributed by atoms with E-state index in [0.717, 1.165) is 13.2 Å². The van der Waals surface area contributed by atoms with Crippen LogP contribution in [0.5, 0.6) is 0 Å². The predicted molar refractivity (Wildman–Crippen MR) is 88.7 cm³/mol. The maximum atomic E-state index is 5.20. The summed E-state index contributed by atoms with van der Waals surface area (Å²) < 4.78 is 5.20. The van der Waals surface area contributed by atoms with Crippen molar-refractivity contribution in [2.45, 2.75) is 38.8 Å². The smallest absolute Gasteiger partial charge is 0.0589 e. The van der Waals surface area contributed by atoms with Crippen molar-refractivity contribution in [2.24, 2.45) is 0 Å². The third kappa shape index (κ3) is 5.10. The Labute approximate surface area is 129 Å². The van der Waals surface area contributed by atoms with Gasteiger partial charge in [0.1, 0.15) is 0 Å². The van der Waals surface area contributed by atoms with E-state index in [0.29, 0.717) is 12.1 Å². The highest BCUT2D eigenvalue weighted by atomic mass is 16.5. The largest absolute Gasteiger partial charge is 0.383 e. The van der Waals surface area contributed by atoms with Gasteiger partial charge >= 0.3 is 0 Å². The molecule has 3 nitrogen and oxygen atoms in total. The zero-order valence-electron chi connectivity index (χ0n) is 13.8. The normalized spacial score (nSPS) is 22.3. The highest BCUT2D eigenvalue weighted by molar-refractivity contribution is 5.14. The zero-order valence-corrected chi connectivity index (χ0v) is 13.8. The molecule has 2 rings (SSSR count). The minimum absolute atomic E-state index is 0.632.